The van der Waals surface area contributed by atoms with E-state index in [1.54, 1.807) is 0 Å². The van der Waals surface area contributed by atoms with E-state index in [2.05, 4.69) is 24.2 Å². The minimum atomic E-state index is 1.24. The zero-order valence-corrected chi connectivity index (χ0v) is 7.97. The highest BCUT2D eigenvalue weighted by Crippen LogP contribution is 2.07. The lowest BCUT2D eigenvalue weighted by atomic mass is 10.1. The number of unbranched alkanes of at least 4 members (excludes halogenated alkanes) is 4. The highest BCUT2D eigenvalue weighted by molar-refractivity contribution is 5.07. The molecular formula is C11H19N. The van der Waals surface area contributed by atoms with Crippen molar-refractivity contribution in [2.45, 2.75) is 45.4 Å². The Kier molecular flexibility index (Phi) is 4.58. The van der Waals surface area contributed by atoms with Gasteiger partial charge in [-0.15, -0.1) is 0 Å². The Morgan fingerprint density at radius 2 is 2.00 bits per heavy atom. The van der Waals surface area contributed by atoms with Gasteiger partial charge in [0.05, 0.1) is 0 Å². The van der Waals surface area contributed by atoms with Crippen molar-refractivity contribution in [2.75, 3.05) is 0 Å². The quantitative estimate of drug-likeness (QED) is 0.621. The van der Waals surface area contributed by atoms with Crippen molar-refractivity contribution < 1.29 is 0 Å². The van der Waals surface area contributed by atoms with Gasteiger partial charge >= 0.3 is 0 Å². The molecule has 1 N–H and O–H groups in total. The van der Waals surface area contributed by atoms with E-state index in [1.807, 2.05) is 6.20 Å². The van der Waals surface area contributed by atoms with Gasteiger partial charge in [-0.05, 0) is 24.5 Å². The van der Waals surface area contributed by atoms with Crippen LogP contribution in [0.1, 0.15) is 44.6 Å². The maximum Gasteiger partial charge on any atom is 0.00373 e. The zero-order valence-electron chi connectivity index (χ0n) is 7.97. The van der Waals surface area contributed by atoms with Crippen molar-refractivity contribution in [1.29, 1.82) is 0 Å². The molecule has 0 saturated carbocycles. The minimum absolute atomic E-state index is 1.24. The summed E-state index contributed by atoms with van der Waals surface area (Å²) in [6.45, 7) is 2.26. The summed E-state index contributed by atoms with van der Waals surface area (Å²) < 4.78 is 0. The van der Waals surface area contributed by atoms with Crippen molar-refractivity contribution in [2.24, 2.45) is 0 Å². The summed E-state index contributed by atoms with van der Waals surface area (Å²) >= 11 is 0. The van der Waals surface area contributed by atoms with Gasteiger partial charge in [-0.1, -0.05) is 32.6 Å². The SMILES string of the molecule is CCCCCCCc1cc[nH]c1. The maximum absolute atomic E-state index is 3.08. The van der Waals surface area contributed by atoms with E-state index in [0.717, 1.165) is 0 Å². The average molecular weight is 165 g/mol. The van der Waals surface area contributed by atoms with Gasteiger partial charge in [0, 0.05) is 12.4 Å². The predicted octanol–water partition coefficient (Wildman–Crippen LogP) is 3.53. The number of aromatic amines is 1. The van der Waals surface area contributed by atoms with E-state index in [-0.39, 0.29) is 0 Å². The summed E-state index contributed by atoms with van der Waals surface area (Å²) in [4.78, 5) is 3.08. The Morgan fingerprint density at radius 1 is 1.17 bits per heavy atom. The number of H-pyrrole nitrogens is 1. The molecule has 1 aromatic rings. The molecule has 1 rings (SSSR count). The third-order valence-electron chi connectivity index (χ3n) is 2.23. The third-order valence-corrected chi connectivity index (χ3v) is 2.23. The third kappa shape index (κ3) is 3.61. The van der Waals surface area contributed by atoms with E-state index < -0.39 is 0 Å². The number of aryl methyl sites for hydroxylation is 1. The minimum Gasteiger partial charge on any atom is -0.367 e. The fourth-order valence-corrected chi connectivity index (χ4v) is 1.45. The maximum atomic E-state index is 3.08. The van der Waals surface area contributed by atoms with Crippen molar-refractivity contribution in [3.63, 3.8) is 0 Å². The smallest absolute Gasteiger partial charge is 0.00373 e. The molecule has 0 bridgehead atoms. The lowest BCUT2D eigenvalue weighted by Gasteiger charge is -1.97. The van der Waals surface area contributed by atoms with E-state index >= 15 is 0 Å². The predicted molar refractivity (Wildman–Crippen MR) is 53.3 cm³/mol. The van der Waals surface area contributed by atoms with Crippen LogP contribution in [0.2, 0.25) is 0 Å². The van der Waals surface area contributed by atoms with Crippen LogP contribution >= 0.6 is 0 Å². The molecule has 0 spiro atoms. The normalized spacial score (nSPS) is 10.4. The molecule has 1 nitrogen and oxygen atoms in total. The van der Waals surface area contributed by atoms with Gasteiger partial charge in [-0.25, -0.2) is 0 Å². The highest BCUT2D eigenvalue weighted by Gasteiger charge is 1.92. The van der Waals surface area contributed by atoms with E-state index in [4.69, 9.17) is 0 Å². The van der Waals surface area contributed by atoms with Crippen LogP contribution in [0.4, 0.5) is 0 Å². The van der Waals surface area contributed by atoms with Gasteiger partial charge in [-0.3, -0.25) is 0 Å². The first-order valence-electron chi connectivity index (χ1n) is 5.05. The standard InChI is InChI=1S/C11H19N/c1-2-3-4-5-6-7-11-8-9-12-10-11/h8-10,12H,2-7H2,1H3. The van der Waals surface area contributed by atoms with Crippen molar-refractivity contribution in [1.82, 2.24) is 4.98 Å². The van der Waals surface area contributed by atoms with E-state index in [1.165, 1.54) is 44.1 Å². The number of hydrogen-bond donors (Lipinski definition) is 1. The van der Waals surface area contributed by atoms with Crippen molar-refractivity contribution >= 4 is 0 Å². The van der Waals surface area contributed by atoms with Gasteiger partial charge in [0.1, 0.15) is 0 Å². The fourth-order valence-electron chi connectivity index (χ4n) is 1.45. The molecule has 1 heteroatoms. The average Bonchev–Trinajstić information content (AvgIpc) is 2.57. The topological polar surface area (TPSA) is 15.8 Å². The Hall–Kier alpha value is -0.720. The van der Waals surface area contributed by atoms with Gasteiger partial charge in [0.15, 0.2) is 0 Å². The molecule has 0 atom stereocenters. The first-order chi connectivity index (χ1) is 5.93. The molecule has 0 amide bonds. The molecule has 0 aliphatic rings. The van der Waals surface area contributed by atoms with Crippen LogP contribution in [-0.2, 0) is 6.42 Å². The summed E-state index contributed by atoms with van der Waals surface area (Å²) in [5.74, 6) is 0. The van der Waals surface area contributed by atoms with E-state index in [9.17, 15) is 0 Å². The van der Waals surface area contributed by atoms with Crippen LogP contribution in [0.15, 0.2) is 18.5 Å². The summed E-state index contributed by atoms with van der Waals surface area (Å²) in [7, 11) is 0. The van der Waals surface area contributed by atoms with Crippen LogP contribution in [0, 0.1) is 0 Å². The first-order valence-corrected chi connectivity index (χ1v) is 5.05. The summed E-state index contributed by atoms with van der Waals surface area (Å²) in [5.41, 5.74) is 1.45. The molecule has 0 aliphatic carbocycles. The first kappa shape index (κ1) is 9.37. The molecule has 0 unspecified atom stereocenters. The molecular weight excluding hydrogens is 146 g/mol. The van der Waals surface area contributed by atoms with Gasteiger partial charge < -0.3 is 4.98 Å². The largest absolute Gasteiger partial charge is 0.367 e. The van der Waals surface area contributed by atoms with Crippen LogP contribution in [-0.4, -0.2) is 4.98 Å². The van der Waals surface area contributed by atoms with Crippen LogP contribution in [0.25, 0.3) is 0 Å². The van der Waals surface area contributed by atoms with Crippen LogP contribution < -0.4 is 0 Å². The molecule has 0 radical (unpaired) electrons. The van der Waals surface area contributed by atoms with Gasteiger partial charge in [-0.2, -0.15) is 0 Å². The number of aromatic nitrogens is 1. The molecule has 0 aromatic carbocycles. The Labute approximate surface area is 75.2 Å². The monoisotopic (exact) mass is 165 g/mol. The second kappa shape index (κ2) is 5.87. The molecule has 1 heterocycles. The molecule has 0 saturated heterocycles. The van der Waals surface area contributed by atoms with Crippen molar-refractivity contribution in [3.8, 4) is 0 Å². The summed E-state index contributed by atoms with van der Waals surface area (Å²) in [5, 5.41) is 0. The van der Waals surface area contributed by atoms with Gasteiger partial charge in [0.2, 0.25) is 0 Å². The van der Waals surface area contributed by atoms with Crippen LogP contribution in [0.5, 0.6) is 0 Å². The summed E-state index contributed by atoms with van der Waals surface area (Å²) in [6.07, 6.45) is 12.2. The number of hydrogen-bond acceptors (Lipinski definition) is 0. The highest BCUT2D eigenvalue weighted by atomic mass is 14.6. The Balaban J connectivity index is 1.96. The number of rotatable bonds is 6. The molecule has 12 heavy (non-hydrogen) atoms. The number of nitrogens with one attached hydrogen (secondary N) is 1. The van der Waals surface area contributed by atoms with Crippen LogP contribution in [0.3, 0.4) is 0 Å². The molecule has 0 aliphatic heterocycles. The zero-order chi connectivity index (χ0) is 8.65. The lowest BCUT2D eigenvalue weighted by molar-refractivity contribution is 0.632. The van der Waals surface area contributed by atoms with Gasteiger partial charge in [0.25, 0.3) is 0 Å². The lowest BCUT2D eigenvalue weighted by Crippen LogP contribution is -1.82. The summed E-state index contributed by atoms with van der Waals surface area (Å²) in [6, 6.07) is 2.17. The Morgan fingerprint density at radius 3 is 2.67 bits per heavy atom. The second-order valence-electron chi connectivity index (χ2n) is 3.38. The molecule has 0 fully saturated rings. The molecule has 1 aromatic heterocycles. The second-order valence-corrected chi connectivity index (χ2v) is 3.38. The molecule has 68 valence electrons. The fraction of sp³-hybridized carbons (Fsp3) is 0.636. The Bertz CT molecular complexity index is 177. The van der Waals surface area contributed by atoms with E-state index in [0.29, 0.717) is 0 Å². The van der Waals surface area contributed by atoms with Crippen molar-refractivity contribution in [3.05, 3.63) is 24.0 Å².